The number of nitrogens with one attached hydrogen (secondary N) is 1. The molecule has 2 aromatic carbocycles. The maximum absolute atomic E-state index is 14.4. The van der Waals surface area contributed by atoms with E-state index in [1.807, 2.05) is 42.2 Å². The molecular weight excluding hydrogens is 429 g/mol. The molecule has 6 nitrogen and oxygen atoms in total. The zero-order valence-corrected chi connectivity index (χ0v) is 18.6. The maximum atomic E-state index is 14.4. The molecular formula is C24H25ClFN5O. The van der Waals surface area contributed by atoms with Gasteiger partial charge in [0.25, 0.3) is 0 Å². The zero-order chi connectivity index (χ0) is 22.3. The second kappa shape index (κ2) is 8.20. The average Bonchev–Trinajstić information content (AvgIpc) is 3.23. The first-order valence-corrected chi connectivity index (χ1v) is 11.3. The summed E-state index contributed by atoms with van der Waals surface area (Å²) in [4.78, 5) is 15.1. The topological polar surface area (TPSA) is 63.1 Å². The minimum Gasteiger partial charge on any atom is -0.328 e. The summed E-state index contributed by atoms with van der Waals surface area (Å²) in [5, 5.41) is 12.5. The summed E-state index contributed by atoms with van der Waals surface area (Å²) in [6.07, 6.45) is 3.19. The second-order valence-corrected chi connectivity index (χ2v) is 9.10. The Morgan fingerprint density at radius 1 is 1.19 bits per heavy atom. The van der Waals surface area contributed by atoms with Crippen LogP contribution < -0.4 is 5.32 Å². The molecule has 3 aromatic rings. The van der Waals surface area contributed by atoms with Crippen LogP contribution in [-0.2, 0) is 12.1 Å². The smallest absolute Gasteiger partial charge is 0.318 e. The highest BCUT2D eigenvalue weighted by atomic mass is 35.5. The Balaban J connectivity index is 1.37. The fourth-order valence-corrected chi connectivity index (χ4v) is 4.73. The van der Waals surface area contributed by atoms with Gasteiger partial charge in [0.1, 0.15) is 11.6 Å². The highest BCUT2D eigenvalue weighted by Gasteiger charge is 2.49. The molecule has 0 radical (unpaired) electrons. The Bertz CT molecular complexity index is 1140. The molecule has 2 fully saturated rings. The first kappa shape index (κ1) is 20.9. The van der Waals surface area contributed by atoms with Gasteiger partial charge in [-0.25, -0.2) is 9.18 Å². The normalized spacial score (nSPS) is 19.2. The van der Waals surface area contributed by atoms with Gasteiger partial charge in [0, 0.05) is 17.1 Å². The Labute approximate surface area is 191 Å². The third-order valence-electron chi connectivity index (χ3n) is 6.52. The number of halogens is 2. The minimum absolute atomic E-state index is 0.167. The van der Waals surface area contributed by atoms with Crippen molar-refractivity contribution in [3.05, 3.63) is 82.1 Å². The van der Waals surface area contributed by atoms with Crippen molar-refractivity contribution in [2.24, 2.45) is 0 Å². The number of carbonyl (C=O) groups is 1. The van der Waals surface area contributed by atoms with Crippen LogP contribution in [0, 0.1) is 12.7 Å². The molecule has 8 heteroatoms. The number of aryl methyl sites for hydroxylation is 1. The van der Waals surface area contributed by atoms with E-state index in [1.165, 1.54) is 6.07 Å². The number of nitrogens with zero attached hydrogens (tertiary/aromatic N) is 4. The molecule has 1 saturated carbocycles. The van der Waals surface area contributed by atoms with Crippen molar-refractivity contribution in [1.82, 2.24) is 25.0 Å². The number of hydrogen-bond donors (Lipinski definition) is 1. The summed E-state index contributed by atoms with van der Waals surface area (Å²) < 4.78 is 16.4. The van der Waals surface area contributed by atoms with Gasteiger partial charge in [0.15, 0.2) is 5.82 Å². The quantitative estimate of drug-likeness (QED) is 0.593. The third-order valence-corrected chi connectivity index (χ3v) is 6.77. The highest BCUT2D eigenvalue weighted by Crippen LogP contribution is 2.47. The molecule has 2 aliphatic rings. The van der Waals surface area contributed by atoms with Crippen molar-refractivity contribution >= 4 is 17.6 Å². The lowest BCUT2D eigenvalue weighted by Crippen LogP contribution is -2.45. The van der Waals surface area contributed by atoms with Gasteiger partial charge < -0.3 is 14.8 Å². The number of aromatic nitrogens is 3. The predicted octanol–water partition coefficient (Wildman–Crippen LogP) is 4.96. The number of rotatable bonds is 5. The SMILES string of the molecule is Cc1nnc([C@H]2CCCN2C(=O)NC2(c3ccccc3F)CC2)n1Cc1ccc(Cl)cc1. The number of benzene rings is 2. The lowest BCUT2D eigenvalue weighted by atomic mass is 10.0. The van der Waals surface area contributed by atoms with Crippen molar-refractivity contribution in [3.63, 3.8) is 0 Å². The van der Waals surface area contributed by atoms with Gasteiger partial charge in [-0.1, -0.05) is 41.9 Å². The first-order valence-electron chi connectivity index (χ1n) is 10.9. The van der Waals surface area contributed by atoms with E-state index in [-0.39, 0.29) is 17.9 Å². The standard InChI is InChI=1S/C24H25ClFN5O/c1-16-28-29-22(31(16)15-17-8-10-18(25)11-9-17)21-7-4-14-30(21)23(32)27-24(12-13-24)19-5-2-3-6-20(19)26/h2-3,5-6,8-11,21H,4,7,12-15H2,1H3,(H,27,32)/t21-/m1/s1. The Morgan fingerprint density at radius 3 is 2.66 bits per heavy atom. The van der Waals surface area contributed by atoms with Gasteiger partial charge in [0.2, 0.25) is 0 Å². The molecule has 1 aromatic heterocycles. The number of carbonyl (C=O) groups excluding carboxylic acids is 1. The lowest BCUT2D eigenvalue weighted by molar-refractivity contribution is 0.184. The van der Waals surface area contributed by atoms with E-state index in [2.05, 4.69) is 20.1 Å². The van der Waals surface area contributed by atoms with E-state index in [0.717, 1.165) is 42.9 Å². The van der Waals surface area contributed by atoms with Crippen molar-refractivity contribution < 1.29 is 9.18 Å². The van der Waals surface area contributed by atoms with Crippen LogP contribution >= 0.6 is 11.6 Å². The van der Waals surface area contributed by atoms with E-state index in [4.69, 9.17) is 11.6 Å². The highest BCUT2D eigenvalue weighted by molar-refractivity contribution is 6.30. The summed E-state index contributed by atoms with van der Waals surface area (Å²) in [6.45, 7) is 3.16. The van der Waals surface area contributed by atoms with Crippen LogP contribution in [0.4, 0.5) is 9.18 Å². The van der Waals surface area contributed by atoms with Gasteiger partial charge in [-0.05, 0) is 56.4 Å². The van der Waals surface area contributed by atoms with Gasteiger partial charge in [0.05, 0.1) is 18.1 Å². The van der Waals surface area contributed by atoms with Gasteiger partial charge >= 0.3 is 6.03 Å². The molecule has 1 N–H and O–H groups in total. The molecule has 166 valence electrons. The number of hydrogen-bond acceptors (Lipinski definition) is 3. The molecule has 1 saturated heterocycles. The second-order valence-electron chi connectivity index (χ2n) is 8.66. The summed E-state index contributed by atoms with van der Waals surface area (Å²) in [5.74, 6) is 1.30. The van der Waals surface area contributed by atoms with Crippen LogP contribution in [0.25, 0.3) is 0 Å². The predicted molar refractivity (Wildman–Crippen MR) is 120 cm³/mol. The maximum Gasteiger partial charge on any atom is 0.318 e. The van der Waals surface area contributed by atoms with Crippen molar-refractivity contribution in [2.45, 2.75) is 50.7 Å². The van der Waals surface area contributed by atoms with Crippen LogP contribution in [-0.4, -0.2) is 32.2 Å². The van der Waals surface area contributed by atoms with Crippen molar-refractivity contribution in [1.29, 1.82) is 0 Å². The summed E-state index contributed by atoms with van der Waals surface area (Å²) in [6, 6.07) is 14.0. The molecule has 0 spiro atoms. The van der Waals surface area contributed by atoms with E-state index in [9.17, 15) is 9.18 Å². The Kier molecular flexibility index (Phi) is 5.37. The van der Waals surface area contributed by atoms with Gasteiger partial charge in [-0.2, -0.15) is 0 Å². The molecule has 5 rings (SSSR count). The summed E-state index contributed by atoms with van der Waals surface area (Å²) in [7, 11) is 0. The first-order chi connectivity index (χ1) is 15.5. The average molecular weight is 454 g/mol. The molecule has 1 aliphatic carbocycles. The molecule has 0 unspecified atom stereocenters. The molecule has 0 bridgehead atoms. The molecule has 1 aliphatic heterocycles. The van der Waals surface area contributed by atoms with Crippen LogP contribution in [0.15, 0.2) is 48.5 Å². The number of amides is 2. The Hall–Kier alpha value is -2.93. The number of urea groups is 1. The van der Waals surface area contributed by atoms with Gasteiger partial charge in [-0.15, -0.1) is 10.2 Å². The minimum atomic E-state index is -0.609. The monoisotopic (exact) mass is 453 g/mol. The van der Waals surface area contributed by atoms with Gasteiger partial charge in [-0.3, -0.25) is 0 Å². The fraction of sp³-hybridized carbons (Fsp3) is 0.375. The van der Waals surface area contributed by atoms with E-state index >= 15 is 0 Å². The lowest BCUT2D eigenvalue weighted by Gasteiger charge is -2.28. The summed E-state index contributed by atoms with van der Waals surface area (Å²) in [5.41, 5.74) is 1.04. The largest absolute Gasteiger partial charge is 0.328 e. The summed E-state index contributed by atoms with van der Waals surface area (Å²) >= 11 is 6.02. The van der Waals surface area contributed by atoms with Crippen LogP contribution in [0.3, 0.4) is 0 Å². The van der Waals surface area contributed by atoms with Crippen LogP contribution in [0.1, 0.15) is 54.5 Å². The molecule has 1 atom stereocenters. The zero-order valence-electron chi connectivity index (χ0n) is 17.9. The van der Waals surface area contributed by atoms with E-state index in [1.54, 1.807) is 12.1 Å². The van der Waals surface area contributed by atoms with Crippen LogP contribution in [0.5, 0.6) is 0 Å². The van der Waals surface area contributed by atoms with Crippen molar-refractivity contribution in [3.8, 4) is 0 Å². The van der Waals surface area contributed by atoms with E-state index < -0.39 is 5.54 Å². The van der Waals surface area contributed by atoms with Crippen molar-refractivity contribution in [2.75, 3.05) is 6.54 Å². The Morgan fingerprint density at radius 2 is 1.94 bits per heavy atom. The molecule has 2 heterocycles. The molecule has 2 amide bonds. The number of likely N-dealkylation sites (tertiary alicyclic amines) is 1. The third kappa shape index (κ3) is 3.86. The molecule has 32 heavy (non-hydrogen) atoms. The fourth-order valence-electron chi connectivity index (χ4n) is 4.60. The van der Waals surface area contributed by atoms with E-state index in [0.29, 0.717) is 23.7 Å². The van der Waals surface area contributed by atoms with Crippen LogP contribution in [0.2, 0.25) is 5.02 Å².